The van der Waals surface area contributed by atoms with Crippen LogP contribution in [0.15, 0.2) is 72.8 Å². The molecular formula is C20H19BFNO3. The molecule has 0 aliphatic rings. The molecule has 0 spiro atoms. The highest BCUT2D eigenvalue weighted by Crippen LogP contribution is 2.16. The molecular weight excluding hydrogens is 332 g/mol. The molecule has 3 aromatic rings. The van der Waals surface area contributed by atoms with E-state index in [4.69, 9.17) is 4.74 Å². The van der Waals surface area contributed by atoms with Gasteiger partial charge in [-0.05, 0) is 53.0 Å². The fraction of sp³-hybridized carbons (Fsp3) is 0.100. The van der Waals surface area contributed by atoms with Gasteiger partial charge in [0.15, 0.2) is 0 Å². The number of ether oxygens (including phenoxy) is 1. The van der Waals surface area contributed by atoms with Crippen LogP contribution in [-0.2, 0) is 13.2 Å². The number of anilines is 1. The van der Waals surface area contributed by atoms with Gasteiger partial charge in [0.05, 0.1) is 0 Å². The van der Waals surface area contributed by atoms with Gasteiger partial charge in [-0.25, -0.2) is 4.39 Å². The number of rotatable bonds is 7. The third-order valence-corrected chi connectivity index (χ3v) is 3.92. The predicted octanol–water partition coefficient (Wildman–Crippen LogP) is 2.70. The maximum Gasteiger partial charge on any atom is 0.488 e. The lowest BCUT2D eigenvalue weighted by Gasteiger charge is -2.10. The first-order valence-corrected chi connectivity index (χ1v) is 8.26. The summed E-state index contributed by atoms with van der Waals surface area (Å²) in [6, 6.07) is 20.9. The second kappa shape index (κ2) is 8.51. The van der Waals surface area contributed by atoms with Crippen molar-refractivity contribution in [1.82, 2.24) is 0 Å². The molecule has 0 radical (unpaired) electrons. The fourth-order valence-electron chi connectivity index (χ4n) is 2.46. The van der Waals surface area contributed by atoms with Gasteiger partial charge in [0.25, 0.3) is 0 Å². The molecule has 0 amide bonds. The Bertz CT molecular complexity index is 838. The summed E-state index contributed by atoms with van der Waals surface area (Å²) in [6.07, 6.45) is 0. The summed E-state index contributed by atoms with van der Waals surface area (Å²) in [5.41, 5.74) is 3.23. The maximum absolute atomic E-state index is 12.9. The molecule has 26 heavy (non-hydrogen) atoms. The number of nitrogens with one attached hydrogen (secondary N) is 1. The average Bonchev–Trinajstić information content (AvgIpc) is 2.67. The van der Waals surface area contributed by atoms with Crippen LogP contribution in [-0.4, -0.2) is 17.2 Å². The molecule has 0 saturated heterocycles. The SMILES string of the molecule is OB(O)c1cccc(NCc2ccc(OCc3ccc(F)cc3)cc2)c1. The minimum Gasteiger partial charge on any atom is -0.489 e. The van der Waals surface area contributed by atoms with Crippen molar-refractivity contribution in [2.75, 3.05) is 5.32 Å². The van der Waals surface area contributed by atoms with Crippen LogP contribution in [0.3, 0.4) is 0 Å². The van der Waals surface area contributed by atoms with E-state index in [9.17, 15) is 14.4 Å². The Morgan fingerprint density at radius 2 is 1.58 bits per heavy atom. The summed E-state index contributed by atoms with van der Waals surface area (Å²) >= 11 is 0. The van der Waals surface area contributed by atoms with Crippen LogP contribution in [0.25, 0.3) is 0 Å². The number of halogens is 1. The van der Waals surface area contributed by atoms with Gasteiger partial charge >= 0.3 is 7.12 Å². The summed E-state index contributed by atoms with van der Waals surface area (Å²) in [5, 5.41) is 21.7. The van der Waals surface area contributed by atoms with Crippen LogP contribution in [0.4, 0.5) is 10.1 Å². The van der Waals surface area contributed by atoms with Crippen molar-refractivity contribution in [2.24, 2.45) is 0 Å². The predicted molar refractivity (Wildman–Crippen MR) is 101 cm³/mol. The Kier molecular flexibility index (Phi) is 5.89. The lowest BCUT2D eigenvalue weighted by atomic mass is 9.80. The van der Waals surface area contributed by atoms with Gasteiger partial charge in [-0.1, -0.05) is 36.4 Å². The van der Waals surface area contributed by atoms with E-state index in [-0.39, 0.29) is 5.82 Å². The standard InChI is InChI=1S/C20H19BFNO3/c22-18-8-4-16(5-9-18)14-26-20-10-6-15(7-11-20)13-23-19-3-1-2-17(12-19)21(24)25/h1-12,23-25H,13-14H2. The highest BCUT2D eigenvalue weighted by molar-refractivity contribution is 6.58. The Morgan fingerprint density at radius 1 is 0.885 bits per heavy atom. The molecule has 0 unspecified atom stereocenters. The zero-order valence-corrected chi connectivity index (χ0v) is 14.1. The van der Waals surface area contributed by atoms with Gasteiger partial charge in [0.2, 0.25) is 0 Å². The van der Waals surface area contributed by atoms with Crippen molar-refractivity contribution in [3.63, 3.8) is 0 Å². The minimum atomic E-state index is -1.48. The molecule has 0 bridgehead atoms. The fourth-order valence-corrected chi connectivity index (χ4v) is 2.46. The van der Waals surface area contributed by atoms with Gasteiger partial charge in [0, 0.05) is 12.2 Å². The number of hydrogen-bond donors (Lipinski definition) is 3. The third-order valence-electron chi connectivity index (χ3n) is 3.92. The van der Waals surface area contributed by atoms with Gasteiger partial charge in [-0.15, -0.1) is 0 Å². The normalized spacial score (nSPS) is 10.4. The van der Waals surface area contributed by atoms with Crippen molar-refractivity contribution in [2.45, 2.75) is 13.2 Å². The first kappa shape index (κ1) is 18.0. The van der Waals surface area contributed by atoms with Crippen molar-refractivity contribution in [1.29, 1.82) is 0 Å². The summed E-state index contributed by atoms with van der Waals surface area (Å²) in [6.45, 7) is 0.984. The lowest BCUT2D eigenvalue weighted by Crippen LogP contribution is -2.29. The Labute approximate surface area is 152 Å². The maximum atomic E-state index is 12.9. The lowest BCUT2D eigenvalue weighted by molar-refractivity contribution is 0.306. The largest absolute Gasteiger partial charge is 0.489 e. The van der Waals surface area contributed by atoms with Crippen LogP contribution < -0.4 is 15.5 Å². The number of hydrogen-bond acceptors (Lipinski definition) is 4. The molecule has 0 aromatic heterocycles. The molecule has 0 heterocycles. The van der Waals surface area contributed by atoms with Crippen LogP contribution in [0.2, 0.25) is 0 Å². The smallest absolute Gasteiger partial charge is 0.488 e. The van der Waals surface area contributed by atoms with Gasteiger partial charge in [0.1, 0.15) is 18.2 Å². The Hall–Kier alpha value is -2.83. The highest BCUT2D eigenvalue weighted by atomic mass is 19.1. The number of benzene rings is 3. The summed E-state index contributed by atoms with van der Waals surface area (Å²) in [7, 11) is -1.48. The summed E-state index contributed by atoms with van der Waals surface area (Å²) in [4.78, 5) is 0. The topological polar surface area (TPSA) is 61.7 Å². The quantitative estimate of drug-likeness (QED) is 0.573. The van der Waals surface area contributed by atoms with Crippen molar-refractivity contribution < 1.29 is 19.2 Å². The second-order valence-corrected chi connectivity index (χ2v) is 5.91. The summed E-state index contributed by atoms with van der Waals surface area (Å²) < 4.78 is 18.6. The first-order valence-electron chi connectivity index (χ1n) is 8.26. The Balaban J connectivity index is 1.52. The molecule has 4 nitrogen and oxygen atoms in total. The van der Waals surface area contributed by atoms with E-state index < -0.39 is 7.12 Å². The molecule has 3 aromatic carbocycles. The van der Waals surface area contributed by atoms with Gasteiger partial charge < -0.3 is 20.1 Å². The first-order chi connectivity index (χ1) is 12.6. The van der Waals surface area contributed by atoms with Crippen LogP contribution in [0.1, 0.15) is 11.1 Å². The van der Waals surface area contributed by atoms with Crippen LogP contribution in [0.5, 0.6) is 5.75 Å². The van der Waals surface area contributed by atoms with E-state index >= 15 is 0 Å². The highest BCUT2D eigenvalue weighted by Gasteiger charge is 2.10. The molecule has 0 atom stereocenters. The molecule has 0 aliphatic carbocycles. The zero-order valence-electron chi connectivity index (χ0n) is 14.1. The molecule has 0 aliphatic heterocycles. The molecule has 0 saturated carbocycles. The summed E-state index contributed by atoms with van der Waals surface area (Å²) in [5.74, 6) is 0.480. The molecule has 6 heteroatoms. The van der Waals surface area contributed by atoms with Gasteiger partial charge in [-0.2, -0.15) is 0 Å². The van der Waals surface area contributed by atoms with Crippen molar-refractivity contribution >= 4 is 18.3 Å². The van der Waals surface area contributed by atoms with Crippen LogP contribution in [0, 0.1) is 5.82 Å². The van der Waals surface area contributed by atoms with E-state index in [1.807, 2.05) is 30.3 Å². The minimum absolute atomic E-state index is 0.260. The van der Waals surface area contributed by atoms with E-state index in [1.165, 1.54) is 12.1 Å². The van der Waals surface area contributed by atoms with E-state index in [0.29, 0.717) is 18.6 Å². The third kappa shape index (κ3) is 5.08. The zero-order chi connectivity index (χ0) is 18.4. The average molecular weight is 351 g/mol. The van der Waals surface area contributed by atoms with Crippen molar-refractivity contribution in [3.05, 3.63) is 89.7 Å². The van der Waals surface area contributed by atoms with E-state index in [2.05, 4.69) is 5.32 Å². The van der Waals surface area contributed by atoms with Gasteiger partial charge in [-0.3, -0.25) is 0 Å². The molecule has 3 rings (SSSR count). The Morgan fingerprint density at radius 3 is 2.27 bits per heavy atom. The van der Waals surface area contributed by atoms with E-state index in [0.717, 1.165) is 22.6 Å². The molecule has 3 N–H and O–H groups in total. The molecule has 132 valence electrons. The monoisotopic (exact) mass is 351 g/mol. The van der Waals surface area contributed by atoms with E-state index in [1.54, 1.807) is 30.3 Å². The molecule has 0 fully saturated rings. The second-order valence-electron chi connectivity index (χ2n) is 5.91. The van der Waals surface area contributed by atoms with Crippen molar-refractivity contribution in [3.8, 4) is 5.75 Å². The van der Waals surface area contributed by atoms with Crippen LogP contribution >= 0.6 is 0 Å².